The maximum absolute atomic E-state index is 13.5. The smallest absolute Gasteiger partial charge is 0.314 e. The van der Waals surface area contributed by atoms with Crippen molar-refractivity contribution >= 4 is 35.3 Å². The van der Waals surface area contributed by atoms with E-state index in [0.717, 1.165) is 0 Å². The average molecular weight is 835 g/mol. The highest BCUT2D eigenvalue weighted by atomic mass is 16.6. The molecule has 324 valence electrons. The van der Waals surface area contributed by atoms with E-state index in [9.17, 15) is 44.5 Å². The summed E-state index contributed by atoms with van der Waals surface area (Å²) in [6.45, 7) is 12.2. The van der Waals surface area contributed by atoms with Gasteiger partial charge in [-0.2, -0.15) is 0 Å². The van der Waals surface area contributed by atoms with Crippen molar-refractivity contribution in [2.45, 2.75) is 111 Å². The minimum atomic E-state index is -1.63. The number of nitro groups is 2. The maximum atomic E-state index is 13.5. The highest BCUT2D eigenvalue weighted by molar-refractivity contribution is 5.81. The first-order valence-corrected chi connectivity index (χ1v) is 20.0. The van der Waals surface area contributed by atoms with E-state index in [2.05, 4.69) is 0 Å². The highest BCUT2D eigenvalue weighted by Crippen LogP contribution is 2.39. The lowest BCUT2D eigenvalue weighted by Crippen LogP contribution is -2.42. The van der Waals surface area contributed by atoms with Gasteiger partial charge in [0, 0.05) is 37.1 Å². The summed E-state index contributed by atoms with van der Waals surface area (Å²) in [5, 5.41) is 33.5. The van der Waals surface area contributed by atoms with Gasteiger partial charge >= 0.3 is 23.9 Å². The van der Waals surface area contributed by atoms with Crippen LogP contribution in [-0.2, 0) is 33.4 Å². The molecular weight excluding hydrogens is 780 g/mol. The molecule has 1 saturated heterocycles. The van der Waals surface area contributed by atoms with Crippen LogP contribution < -0.4 is 9.47 Å². The quantitative estimate of drug-likeness (QED) is 0.0348. The number of aliphatic hydroxyl groups is 1. The molecule has 4 rings (SSSR count). The second-order valence-corrected chi connectivity index (χ2v) is 15.8. The van der Waals surface area contributed by atoms with Gasteiger partial charge in [-0.15, -0.1) is 0 Å². The van der Waals surface area contributed by atoms with Crippen molar-refractivity contribution in [2.75, 3.05) is 0 Å². The maximum Gasteiger partial charge on any atom is 0.314 e. The van der Waals surface area contributed by atoms with E-state index in [4.69, 9.17) is 23.7 Å². The van der Waals surface area contributed by atoms with Gasteiger partial charge < -0.3 is 28.8 Å². The Morgan fingerprint density at radius 1 is 0.967 bits per heavy atom. The van der Waals surface area contributed by atoms with Gasteiger partial charge in [-0.05, 0) is 87.3 Å². The molecule has 10 unspecified atom stereocenters. The molecule has 0 bridgehead atoms. The van der Waals surface area contributed by atoms with E-state index >= 15 is 0 Å². The number of non-ortho nitro benzene ring substituents is 2. The second kappa shape index (κ2) is 21.0. The highest BCUT2D eigenvalue weighted by Gasteiger charge is 2.47. The molecule has 0 saturated carbocycles. The molecule has 2 aromatic carbocycles. The Morgan fingerprint density at radius 2 is 1.55 bits per heavy atom. The summed E-state index contributed by atoms with van der Waals surface area (Å²) in [6.07, 6.45) is 7.53. The van der Waals surface area contributed by atoms with E-state index in [1.807, 2.05) is 39.0 Å². The Hall–Kier alpha value is -5.74. The SMILES string of the molecule is CCC(C(=O)Oc1ccc([N+](=O)[O-])cc1)C(C)C1OC1CC(C)C=CC=C(C)C1OC(=O)CC(C(=O)Oc2ccc([N+](=O)[O-])cc2)CCC(C)(O)C(OC(C)=O)C=CC1C. The fraction of sp³-hybridized carbons (Fsp3) is 0.500. The van der Waals surface area contributed by atoms with Crippen LogP contribution in [0.15, 0.2) is 84.5 Å². The summed E-state index contributed by atoms with van der Waals surface area (Å²) >= 11 is 0. The fourth-order valence-electron chi connectivity index (χ4n) is 7.24. The molecular formula is C44H54N2O14. The monoisotopic (exact) mass is 834 g/mol. The van der Waals surface area contributed by atoms with Crippen LogP contribution in [-0.4, -0.2) is 68.8 Å². The Morgan fingerprint density at radius 3 is 2.10 bits per heavy atom. The molecule has 16 heteroatoms. The number of carbonyl (C=O) groups is 4. The van der Waals surface area contributed by atoms with E-state index in [-0.39, 0.29) is 66.2 Å². The summed E-state index contributed by atoms with van der Waals surface area (Å²) < 4.78 is 28.5. The van der Waals surface area contributed by atoms with Crippen LogP contribution in [0.3, 0.4) is 0 Å². The third-order valence-electron chi connectivity index (χ3n) is 10.9. The second-order valence-electron chi connectivity index (χ2n) is 15.8. The van der Waals surface area contributed by atoms with Crippen molar-refractivity contribution in [2.24, 2.45) is 29.6 Å². The van der Waals surface area contributed by atoms with Crippen molar-refractivity contribution in [1.82, 2.24) is 0 Å². The zero-order valence-electron chi connectivity index (χ0n) is 34.9. The number of nitro benzene ring substituents is 2. The zero-order valence-corrected chi connectivity index (χ0v) is 34.9. The number of hydrogen-bond donors (Lipinski definition) is 1. The Kier molecular flexibility index (Phi) is 16.4. The van der Waals surface area contributed by atoms with Crippen LogP contribution in [0.25, 0.3) is 0 Å². The van der Waals surface area contributed by atoms with Gasteiger partial charge in [-0.3, -0.25) is 39.4 Å². The largest absolute Gasteiger partial charge is 0.457 e. The molecule has 2 heterocycles. The minimum Gasteiger partial charge on any atom is -0.457 e. The lowest BCUT2D eigenvalue weighted by Gasteiger charge is -2.33. The normalized spacial score (nSPS) is 26.3. The van der Waals surface area contributed by atoms with Gasteiger partial charge in [-0.25, -0.2) is 0 Å². The molecule has 2 aliphatic rings. The topological polar surface area (TPSA) is 224 Å². The summed E-state index contributed by atoms with van der Waals surface area (Å²) in [4.78, 5) is 72.9. The number of benzene rings is 2. The lowest BCUT2D eigenvalue weighted by molar-refractivity contribution is -0.385. The molecule has 10 atom stereocenters. The number of allylic oxidation sites excluding steroid dienone is 3. The van der Waals surface area contributed by atoms with E-state index in [1.54, 1.807) is 26.0 Å². The van der Waals surface area contributed by atoms with Crippen LogP contribution in [0, 0.1) is 49.8 Å². The molecule has 2 aromatic rings. The summed E-state index contributed by atoms with van der Waals surface area (Å²) in [5.41, 5.74) is -1.25. The third kappa shape index (κ3) is 13.4. The number of cyclic esters (lactones) is 1. The molecule has 1 N–H and O–H groups in total. The first kappa shape index (κ1) is 46.9. The van der Waals surface area contributed by atoms with E-state index < -0.39 is 69.3 Å². The molecule has 0 amide bonds. The number of epoxide rings is 1. The van der Waals surface area contributed by atoms with Gasteiger partial charge in [-0.1, -0.05) is 52.0 Å². The van der Waals surface area contributed by atoms with Crippen molar-refractivity contribution in [3.8, 4) is 11.5 Å². The molecule has 0 aromatic heterocycles. The molecule has 0 spiro atoms. The number of hydrogen-bond acceptors (Lipinski definition) is 14. The lowest BCUT2D eigenvalue weighted by atomic mass is 9.86. The van der Waals surface area contributed by atoms with Crippen LogP contribution >= 0.6 is 0 Å². The predicted octanol–water partition coefficient (Wildman–Crippen LogP) is 7.56. The Bertz CT molecular complexity index is 1950. The van der Waals surface area contributed by atoms with Gasteiger partial charge in [0.2, 0.25) is 0 Å². The van der Waals surface area contributed by atoms with Crippen molar-refractivity contribution < 1.29 is 57.8 Å². The van der Waals surface area contributed by atoms with Crippen LogP contribution in [0.4, 0.5) is 11.4 Å². The summed E-state index contributed by atoms with van der Waals surface area (Å²) in [5.74, 6) is -4.32. The van der Waals surface area contributed by atoms with Crippen LogP contribution in [0.5, 0.6) is 11.5 Å². The van der Waals surface area contributed by atoms with E-state index in [1.165, 1.54) is 62.4 Å². The van der Waals surface area contributed by atoms with Crippen molar-refractivity contribution in [3.05, 3.63) is 105 Å². The number of ether oxygens (including phenoxy) is 5. The van der Waals surface area contributed by atoms with Gasteiger partial charge in [0.15, 0.2) is 0 Å². The number of carbonyl (C=O) groups excluding carboxylic acids is 4. The first-order valence-electron chi connectivity index (χ1n) is 20.0. The van der Waals surface area contributed by atoms with Crippen LogP contribution in [0.1, 0.15) is 80.6 Å². The van der Waals surface area contributed by atoms with Crippen molar-refractivity contribution in [3.63, 3.8) is 0 Å². The minimum absolute atomic E-state index is 0.0360. The summed E-state index contributed by atoms with van der Waals surface area (Å²) in [7, 11) is 0. The fourth-order valence-corrected chi connectivity index (χ4v) is 7.24. The number of esters is 4. The first-order chi connectivity index (χ1) is 28.3. The zero-order chi connectivity index (χ0) is 44.3. The standard InChI is InChI=1S/C44H54N2O14/c1-8-36(43(50)58-35-19-15-33(16-20-35)46(54)55)29(5)41-37(59-41)24-26(2)10-9-11-27(3)40-28(4)12-21-38(56-30(6)47)44(7,51)23-22-31(25-39(48)60-40)42(49)57-34-17-13-32(14-18-34)45(52)53/h9-21,26,28-29,31,36-38,40-41,51H,8,22-25H2,1-7H3. The van der Waals surface area contributed by atoms with Crippen molar-refractivity contribution in [1.29, 1.82) is 0 Å². The number of rotatable bonds is 15. The molecule has 0 aliphatic carbocycles. The molecule has 2 aliphatic heterocycles. The van der Waals surface area contributed by atoms with E-state index in [0.29, 0.717) is 18.4 Å². The van der Waals surface area contributed by atoms with Gasteiger partial charge in [0.05, 0.1) is 40.3 Å². The molecule has 16 nitrogen and oxygen atoms in total. The molecule has 1 fully saturated rings. The molecule has 60 heavy (non-hydrogen) atoms. The Balaban J connectivity index is 1.43. The predicted molar refractivity (Wildman–Crippen MR) is 217 cm³/mol. The Labute approximate surface area is 348 Å². The summed E-state index contributed by atoms with van der Waals surface area (Å²) in [6, 6.07) is 10.3. The third-order valence-corrected chi connectivity index (χ3v) is 10.9. The van der Waals surface area contributed by atoms with Crippen LogP contribution in [0.2, 0.25) is 0 Å². The van der Waals surface area contributed by atoms with Gasteiger partial charge in [0.1, 0.15) is 29.3 Å². The number of nitrogens with zero attached hydrogens (tertiary/aromatic N) is 2. The molecule has 0 radical (unpaired) electrons. The van der Waals surface area contributed by atoms with Gasteiger partial charge in [0.25, 0.3) is 11.4 Å². The average Bonchev–Trinajstić information content (AvgIpc) is 3.95.